The van der Waals surface area contributed by atoms with Crippen LogP contribution in [0.1, 0.15) is 46.4 Å². The van der Waals surface area contributed by atoms with Crippen molar-refractivity contribution in [2.75, 3.05) is 13.1 Å². The molecule has 1 aromatic carbocycles. The first kappa shape index (κ1) is 20.0. The highest BCUT2D eigenvalue weighted by Crippen LogP contribution is 2.49. The minimum absolute atomic E-state index is 0.190. The number of aromatic nitrogens is 2. The number of benzene rings is 1. The van der Waals surface area contributed by atoms with Crippen LogP contribution in [0.2, 0.25) is 5.02 Å². The summed E-state index contributed by atoms with van der Waals surface area (Å²) in [5.41, 5.74) is 5.42. The zero-order chi connectivity index (χ0) is 22.2. The lowest BCUT2D eigenvalue weighted by Gasteiger charge is -2.36. The van der Waals surface area contributed by atoms with E-state index in [9.17, 15) is 5.11 Å². The molecule has 7 rings (SSSR count). The minimum atomic E-state index is -0.814. The average Bonchev–Trinajstić information content (AvgIpc) is 3.52. The van der Waals surface area contributed by atoms with Gasteiger partial charge in [0.05, 0.1) is 15.9 Å². The number of fused-ring (bicyclic) bond motifs is 3. The van der Waals surface area contributed by atoms with E-state index in [0.717, 1.165) is 74.7 Å². The van der Waals surface area contributed by atoms with Crippen LogP contribution in [0.25, 0.3) is 21.3 Å². The standard InChI is InChI=1S/C25H22ClN3O3S/c26-14-7-13-8-20(23-16-3-1-2-4-18(16)29-32-23)31-22(13)17(9-14)15-5-6-28-19-10-21(33-24(15)19)25(30)11-27-12-25/h5-7,9-10,20,27,30H,1-4,8,11-12H2/t20-/m1/s1. The molecule has 1 atom stereocenters. The van der Waals surface area contributed by atoms with Crippen LogP contribution in [-0.2, 0) is 24.9 Å². The number of thiophene rings is 1. The summed E-state index contributed by atoms with van der Waals surface area (Å²) in [7, 11) is 0. The van der Waals surface area contributed by atoms with Crippen molar-refractivity contribution in [1.29, 1.82) is 0 Å². The van der Waals surface area contributed by atoms with Gasteiger partial charge >= 0.3 is 0 Å². The van der Waals surface area contributed by atoms with Crippen molar-refractivity contribution in [1.82, 2.24) is 15.5 Å². The number of β-amino-alcohol motifs (C(OH)–C–C–N with tert-alkyl or cyclic N) is 1. The maximum Gasteiger partial charge on any atom is 0.181 e. The topological polar surface area (TPSA) is 80.4 Å². The smallest absolute Gasteiger partial charge is 0.181 e. The number of halogens is 1. The van der Waals surface area contributed by atoms with Gasteiger partial charge in [0.25, 0.3) is 0 Å². The lowest BCUT2D eigenvalue weighted by atomic mass is 9.93. The molecule has 0 spiro atoms. The Hall–Kier alpha value is -2.45. The average molecular weight is 480 g/mol. The van der Waals surface area contributed by atoms with E-state index in [1.165, 1.54) is 5.56 Å². The molecule has 2 aliphatic heterocycles. The van der Waals surface area contributed by atoms with E-state index >= 15 is 0 Å². The minimum Gasteiger partial charge on any atom is -0.481 e. The Morgan fingerprint density at radius 2 is 2.03 bits per heavy atom. The monoisotopic (exact) mass is 479 g/mol. The molecular weight excluding hydrogens is 458 g/mol. The van der Waals surface area contributed by atoms with Crippen LogP contribution < -0.4 is 10.1 Å². The Bertz CT molecular complexity index is 1410. The molecular formula is C25H22ClN3O3S. The normalized spacial score (nSPS) is 20.8. The van der Waals surface area contributed by atoms with Gasteiger partial charge in [-0.2, -0.15) is 0 Å². The van der Waals surface area contributed by atoms with Gasteiger partial charge in [0.15, 0.2) is 11.9 Å². The fraction of sp³-hybridized carbons (Fsp3) is 0.360. The van der Waals surface area contributed by atoms with Gasteiger partial charge in [0, 0.05) is 57.9 Å². The molecule has 8 heteroatoms. The number of nitrogens with zero attached hydrogens (tertiary/aromatic N) is 2. The molecule has 33 heavy (non-hydrogen) atoms. The van der Waals surface area contributed by atoms with Crippen molar-refractivity contribution in [3.05, 3.63) is 62.9 Å². The van der Waals surface area contributed by atoms with Crippen molar-refractivity contribution in [2.45, 2.75) is 43.8 Å². The molecule has 5 heterocycles. The number of nitrogens with one attached hydrogen (secondary N) is 1. The molecule has 0 amide bonds. The highest BCUT2D eigenvalue weighted by atomic mass is 35.5. The van der Waals surface area contributed by atoms with Crippen LogP contribution in [0.4, 0.5) is 0 Å². The molecule has 1 saturated heterocycles. The largest absolute Gasteiger partial charge is 0.481 e. The zero-order valence-corrected chi connectivity index (χ0v) is 19.4. The Morgan fingerprint density at radius 3 is 2.88 bits per heavy atom. The third-order valence-corrected chi connectivity index (χ3v) is 8.64. The number of aliphatic hydroxyl groups is 1. The fourth-order valence-electron chi connectivity index (χ4n) is 5.25. The zero-order valence-electron chi connectivity index (χ0n) is 17.9. The van der Waals surface area contributed by atoms with Gasteiger partial charge in [-0.3, -0.25) is 4.98 Å². The lowest BCUT2D eigenvalue weighted by Crippen LogP contribution is -2.56. The van der Waals surface area contributed by atoms with E-state index in [0.29, 0.717) is 24.5 Å². The van der Waals surface area contributed by atoms with Gasteiger partial charge in [0.1, 0.15) is 11.4 Å². The van der Waals surface area contributed by atoms with Crippen LogP contribution in [-0.4, -0.2) is 28.3 Å². The molecule has 0 unspecified atom stereocenters. The SMILES string of the molecule is OC1(c2cc3nccc(-c4cc(Cl)cc5c4O[C@@H](c4onc6c4CCCC6)C5)c3s2)CNC1. The number of rotatable bonds is 3. The first-order valence-electron chi connectivity index (χ1n) is 11.4. The second-order valence-corrected chi connectivity index (χ2v) is 10.7. The molecule has 3 aromatic heterocycles. The van der Waals surface area contributed by atoms with E-state index in [1.54, 1.807) is 11.3 Å². The van der Waals surface area contributed by atoms with Crippen molar-refractivity contribution >= 4 is 33.2 Å². The molecule has 2 N–H and O–H groups in total. The van der Waals surface area contributed by atoms with Gasteiger partial charge in [-0.1, -0.05) is 16.8 Å². The van der Waals surface area contributed by atoms with Crippen LogP contribution in [0.15, 0.2) is 35.0 Å². The summed E-state index contributed by atoms with van der Waals surface area (Å²) in [6.45, 7) is 1.13. The highest BCUT2D eigenvalue weighted by Gasteiger charge is 2.38. The Labute approximate surface area is 199 Å². The highest BCUT2D eigenvalue weighted by molar-refractivity contribution is 7.19. The van der Waals surface area contributed by atoms with Crippen molar-refractivity contribution < 1.29 is 14.4 Å². The summed E-state index contributed by atoms with van der Waals surface area (Å²) in [5.74, 6) is 1.71. The van der Waals surface area contributed by atoms with Gasteiger partial charge in [-0.15, -0.1) is 11.3 Å². The van der Waals surface area contributed by atoms with Crippen LogP contribution in [0.5, 0.6) is 5.75 Å². The van der Waals surface area contributed by atoms with Gasteiger partial charge < -0.3 is 19.7 Å². The van der Waals surface area contributed by atoms with Crippen LogP contribution >= 0.6 is 22.9 Å². The second kappa shape index (κ2) is 7.27. The van der Waals surface area contributed by atoms with Crippen molar-refractivity contribution in [2.24, 2.45) is 0 Å². The summed E-state index contributed by atoms with van der Waals surface area (Å²) in [4.78, 5) is 5.49. The summed E-state index contributed by atoms with van der Waals surface area (Å²) in [6, 6.07) is 7.96. The number of ether oxygens (including phenoxy) is 1. The van der Waals surface area contributed by atoms with Crippen LogP contribution in [0, 0.1) is 0 Å². The first-order chi connectivity index (χ1) is 16.1. The van der Waals surface area contributed by atoms with E-state index in [4.69, 9.17) is 20.9 Å². The van der Waals surface area contributed by atoms with Gasteiger partial charge in [0.2, 0.25) is 0 Å². The molecule has 6 nitrogen and oxygen atoms in total. The maximum absolute atomic E-state index is 10.8. The van der Waals surface area contributed by atoms with E-state index < -0.39 is 5.60 Å². The summed E-state index contributed by atoms with van der Waals surface area (Å²) in [6.07, 6.45) is 6.63. The van der Waals surface area contributed by atoms with Crippen molar-refractivity contribution in [3.63, 3.8) is 0 Å². The molecule has 168 valence electrons. The first-order valence-corrected chi connectivity index (χ1v) is 12.6. The van der Waals surface area contributed by atoms with E-state index in [-0.39, 0.29) is 6.10 Å². The molecule has 0 bridgehead atoms. The molecule has 0 saturated carbocycles. The van der Waals surface area contributed by atoms with E-state index in [1.807, 2.05) is 30.5 Å². The Kier molecular flexibility index (Phi) is 4.40. The fourth-order valence-corrected chi connectivity index (χ4v) is 6.72. The molecule has 0 radical (unpaired) electrons. The van der Waals surface area contributed by atoms with Crippen LogP contribution in [0.3, 0.4) is 0 Å². The third-order valence-electron chi connectivity index (χ3n) is 7.07. The number of hydrogen-bond acceptors (Lipinski definition) is 7. The van der Waals surface area contributed by atoms with E-state index in [2.05, 4.69) is 15.5 Å². The van der Waals surface area contributed by atoms with Gasteiger partial charge in [-0.05, 0) is 49.9 Å². The molecule has 1 aliphatic carbocycles. The summed E-state index contributed by atoms with van der Waals surface area (Å²) in [5, 5.41) is 19.0. The quantitative estimate of drug-likeness (QED) is 0.432. The Morgan fingerprint density at radius 1 is 1.15 bits per heavy atom. The van der Waals surface area contributed by atoms with Crippen molar-refractivity contribution in [3.8, 4) is 16.9 Å². The predicted molar refractivity (Wildman–Crippen MR) is 127 cm³/mol. The predicted octanol–water partition coefficient (Wildman–Crippen LogP) is 4.95. The Balaban J connectivity index is 1.32. The molecule has 4 aromatic rings. The van der Waals surface area contributed by atoms with Gasteiger partial charge in [-0.25, -0.2) is 0 Å². The number of pyridine rings is 1. The molecule has 1 fully saturated rings. The number of hydrogen-bond donors (Lipinski definition) is 2. The summed E-state index contributed by atoms with van der Waals surface area (Å²) < 4.78 is 13.4. The summed E-state index contributed by atoms with van der Waals surface area (Å²) >= 11 is 8.17. The number of aryl methyl sites for hydroxylation is 1. The third kappa shape index (κ3) is 3.06. The maximum atomic E-state index is 10.8. The second-order valence-electron chi connectivity index (χ2n) is 9.25. The molecule has 3 aliphatic rings. The lowest BCUT2D eigenvalue weighted by molar-refractivity contribution is -0.0111.